The van der Waals surface area contributed by atoms with E-state index in [-0.39, 0.29) is 33.1 Å². The van der Waals surface area contributed by atoms with Gasteiger partial charge in [-0.3, -0.25) is 0 Å². The van der Waals surface area contributed by atoms with E-state index >= 15 is 0 Å². The van der Waals surface area contributed by atoms with E-state index < -0.39 is 96.1 Å². The summed E-state index contributed by atoms with van der Waals surface area (Å²) in [5, 5.41) is 2.09. The molecule has 524 valence electrons. The highest BCUT2D eigenvalue weighted by atomic mass is 15.2. The van der Waals surface area contributed by atoms with Gasteiger partial charge in [0.15, 0.2) is 0 Å². The summed E-state index contributed by atoms with van der Waals surface area (Å²) in [5.41, 5.74) is 20.2. The van der Waals surface area contributed by atoms with Gasteiger partial charge in [0, 0.05) is 89.3 Å². The summed E-state index contributed by atoms with van der Waals surface area (Å²) in [6.07, 6.45) is 0. The monoisotopic (exact) mass is 1420 g/mol. The number of rotatable bonds is 12. The van der Waals surface area contributed by atoms with Gasteiger partial charge in [-0.2, -0.15) is 0 Å². The second kappa shape index (κ2) is 26.2. The van der Waals surface area contributed by atoms with Gasteiger partial charge >= 0.3 is 0 Å². The molecule has 0 saturated heterocycles. The van der Waals surface area contributed by atoms with Crippen molar-refractivity contribution in [3.63, 3.8) is 0 Å². The van der Waals surface area contributed by atoms with Crippen LogP contribution in [0.25, 0.3) is 111 Å². The van der Waals surface area contributed by atoms with Crippen LogP contribution < -0.4 is 31.1 Å². The quantitative estimate of drug-likeness (QED) is 0.114. The first-order valence-corrected chi connectivity index (χ1v) is 37.4. The number of aromatic nitrogens is 2. The van der Waals surface area contributed by atoms with Crippen LogP contribution in [0.15, 0.2) is 376 Å². The predicted molar refractivity (Wildman–Crippen MR) is 468 cm³/mol. The van der Waals surface area contributed by atoms with E-state index in [0.29, 0.717) is 28.3 Å². The summed E-state index contributed by atoms with van der Waals surface area (Å²) in [7, 11) is 0. The van der Waals surface area contributed by atoms with Gasteiger partial charge in [-0.05, 0) is 187 Å². The van der Waals surface area contributed by atoms with Crippen LogP contribution in [0.5, 0.6) is 0 Å². The lowest BCUT2D eigenvalue weighted by Crippen LogP contribution is -2.61. The Bertz CT molecular complexity index is 7150. The highest BCUT2D eigenvalue weighted by Gasteiger charge is 2.46. The maximum absolute atomic E-state index is 10.3. The SMILES string of the molecule is [2H]c1c([2H])c([2H])c(-c2ccc3c(c2)N(c2c(-c4ccccc4)cc(C(C)(C)C)cc2-c2ccccc2)c2cc(-n4c5c([2H])c([2H])c([2H])c([2H])c5c5c([2H])c([2H])c([2H])c([2H])c54)cc4c2B3c2ccc(N(c3ccccc3)c3ccc(-n5c6ccccc6c6ccccc65)cc3)cc2N4c2c(-c3ccccc3)cc(C(C)(C)C)cc2-c2ccccc2)c([2H])c1[2H]. The highest BCUT2D eigenvalue weighted by molar-refractivity contribution is 7.00. The largest absolute Gasteiger partial charge is 0.310 e. The average Bonchev–Trinajstić information content (AvgIpc) is 1.38. The number of fused-ring (bicyclic) bond motifs is 10. The first-order valence-electron chi connectivity index (χ1n) is 43.9. The number of hydrogen-bond acceptors (Lipinski definition) is 3. The van der Waals surface area contributed by atoms with Crippen molar-refractivity contribution in [2.75, 3.05) is 14.7 Å². The lowest BCUT2D eigenvalue weighted by Gasteiger charge is -2.46. The van der Waals surface area contributed by atoms with Gasteiger partial charge in [-0.25, -0.2) is 0 Å². The number of benzene rings is 16. The van der Waals surface area contributed by atoms with Crippen molar-refractivity contribution in [2.24, 2.45) is 0 Å². The molecule has 0 amide bonds. The minimum Gasteiger partial charge on any atom is -0.310 e. The van der Waals surface area contributed by atoms with Gasteiger partial charge < -0.3 is 23.8 Å². The van der Waals surface area contributed by atoms with Crippen molar-refractivity contribution in [2.45, 2.75) is 52.4 Å². The summed E-state index contributed by atoms with van der Waals surface area (Å²) in [6, 6.07) is 96.2. The van der Waals surface area contributed by atoms with Crippen molar-refractivity contribution in [3.8, 4) is 67.0 Å². The second-order valence-electron chi connectivity index (χ2n) is 30.7. The van der Waals surface area contributed by atoms with Crippen molar-refractivity contribution in [1.29, 1.82) is 0 Å². The predicted octanol–water partition coefficient (Wildman–Crippen LogP) is 26.4. The van der Waals surface area contributed by atoms with Crippen molar-refractivity contribution < 1.29 is 17.8 Å². The Hall–Kier alpha value is -13.4. The number of nitrogens with zero attached hydrogens (tertiary/aromatic N) is 5. The van der Waals surface area contributed by atoms with Crippen LogP contribution in [0.4, 0.5) is 51.2 Å². The molecule has 0 aliphatic carbocycles. The molecule has 2 aliphatic rings. The fraction of sp³-hybridized carbons (Fsp3) is 0.0769. The molecule has 5 nitrogen and oxygen atoms in total. The van der Waals surface area contributed by atoms with Crippen molar-refractivity contribution >= 4 is 118 Å². The van der Waals surface area contributed by atoms with Gasteiger partial charge in [-0.1, -0.05) is 302 Å². The highest BCUT2D eigenvalue weighted by Crippen LogP contribution is 2.56. The zero-order valence-corrected chi connectivity index (χ0v) is 61.6. The summed E-state index contributed by atoms with van der Waals surface area (Å²) < 4.78 is 129. The molecule has 0 N–H and O–H groups in total. The Kier molecular flexibility index (Phi) is 12.7. The van der Waals surface area contributed by atoms with E-state index in [0.717, 1.165) is 128 Å². The molecule has 0 atom stereocenters. The molecule has 6 heteroatoms. The number of hydrogen-bond donors (Lipinski definition) is 0. The summed E-state index contributed by atoms with van der Waals surface area (Å²) in [6.45, 7) is 12.5. The standard InChI is InChI=1S/C104H80BN5/c1-103(2,3)75-62-86(70-35-15-8-16-36-70)101(87(63-75)71-37-17-9-18-38-71)109-96-61-74(69-33-13-7-14-34-69)53-59-90(96)105-91-60-58-80(106(77-43-23-12-24-44-77)78-54-56-79(57-55-78)107-92-49-29-25-45-82(92)83-46-26-30-50-93(83)107)66-97(91)110(99-68-81(67-98(109)100(99)105)108-94-51-31-27-47-84(94)85-48-28-32-52-95(85)108)102-88(72-39-19-10-20-40-72)64-76(104(4,5)6)65-89(102)73-41-21-11-22-42-73/h7-68H,1-6H3/i7D,13D,14D,27D,28D,31D,32D,33D,34D,47D,48D,51D,52D. The maximum atomic E-state index is 10.3. The molecular formula is C104H80BN5. The number of anilines is 9. The zero-order chi connectivity index (χ0) is 85.2. The van der Waals surface area contributed by atoms with Gasteiger partial charge in [0.1, 0.15) is 0 Å². The van der Waals surface area contributed by atoms with Crippen LogP contribution in [0.3, 0.4) is 0 Å². The Morgan fingerprint density at radius 2 is 0.664 bits per heavy atom. The van der Waals surface area contributed by atoms with E-state index in [1.807, 2.05) is 97.1 Å². The van der Waals surface area contributed by atoms with Crippen LogP contribution in [0.1, 0.15) is 70.5 Å². The molecular weight excluding hydrogens is 1330 g/mol. The molecule has 0 unspecified atom stereocenters. The lowest BCUT2D eigenvalue weighted by molar-refractivity contribution is 0.590. The smallest absolute Gasteiger partial charge is 0.252 e. The van der Waals surface area contributed by atoms with Crippen LogP contribution in [0.2, 0.25) is 0 Å². The van der Waals surface area contributed by atoms with Crippen LogP contribution in [-0.4, -0.2) is 15.8 Å². The summed E-state index contributed by atoms with van der Waals surface area (Å²) in [4.78, 5) is 6.87. The third kappa shape index (κ3) is 11.0. The Labute approximate surface area is 662 Å². The Balaban J connectivity index is 1.00. The average molecular weight is 1420 g/mol. The van der Waals surface area contributed by atoms with E-state index in [2.05, 4.69) is 261 Å². The fourth-order valence-electron chi connectivity index (χ4n) is 16.9. The third-order valence-electron chi connectivity index (χ3n) is 22.1. The number of para-hydroxylation sites is 5. The van der Waals surface area contributed by atoms with Gasteiger partial charge in [0.05, 0.1) is 56.9 Å². The topological polar surface area (TPSA) is 19.6 Å². The lowest BCUT2D eigenvalue weighted by atomic mass is 9.33. The van der Waals surface area contributed by atoms with E-state index in [9.17, 15) is 16.4 Å². The molecule has 0 radical (unpaired) electrons. The minimum atomic E-state index is -0.767. The van der Waals surface area contributed by atoms with Crippen molar-refractivity contribution in [3.05, 3.63) is 387 Å². The van der Waals surface area contributed by atoms with Crippen LogP contribution in [-0.2, 0) is 10.8 Å². The van der Waals surface area contributed by atoms with Gasteiger partial charge in [0.2, 0.25) is 0 Å². The molecule has 110 heavy (non-hydrogen) atoms. The van der Waals surface area contributed by atoms with Gasteiger partial charge in [0.25, 0.3) is 6.71 Å². The normalized spacial score (nSPS) is 14.2. The molecule has 18 aromatic rings. The molecule has 16 aromatic carbocycles. The summed E-state index contributed by atoms with van der Waals surface area (Å²) >= 11 is 0. The third-order valence-corrected chi connectivity index (χ3v) is 22.1. The molecule has 0 spiro atoms. The van der Waals surface area contributed by atoms with Crippen LogP contribution in [0, 0.1) is 0 Å². The minimum absolute atomic E-state index is 0.0169. The second-order valence-corrected chi connectivity index (χ2v) is 30.7. The van der Waals surface area contributed by atoms with E-state index in [1.54, 1.807) is 4.57 Å². The molecule has 2 aromatic heterocycles. The molecule has 0 fully saturated rings. The molecule has 0 saturated carbocycles. The Morgan fingerprint density at radius 3 is 1.13 bits per heavy atom. The molecule has 2 aliphatic heterocycles. The maximum Gasteiger partial charge on any atom is 0.252 e. The first-order chi connectivity index (χ1) is 59.3. The molecule has 4 heterocycles. The summed E-state index contributed by atoms with van der Waals surface area (Å²) in [5.74, 6) is 0. The van der Waals surface area contributed by atoms with Crippen LogP contribution >= 0.6 is 0 Å². The zero-order valence-electron chi connectivity index (χ0n) is 74.6. The van der Waals surface area contributed by atoms with E-state index in [1.165, 1.54) is 0 Å². The molecule has 0 bridgehead atoms. The Morgan fingerprint density at radius 1 is 0.282 bits per heavy atom. The van der Waals surface area contributed by atoms with E-state index in [4.69, 9.17) is 1.37 Å². The first kappa shape index (κ1) is 53.4. The fourth-order valence-corrected chi connectivity index (χ4v) is 16.9. The van der Waals surface area contributed by atoms with Crippen molar-refractivity contribution in [1.82, 2.24) is 9.13 Å². The molecule has 20 rings (SSSR count). The van der Waals surface area contributed by atoms with Gasteiger partial charge in [-0.15, -0.1) is 0 Å².